The van der Waals surface area contributed by atoms with Gasteiger partial charge in [-0.1, -0.05) is 19.1 Å². The van der Waals surface area contributed by atoms with Crippen molar-refractivity contribution in [3.8, 4) is 0 Å². The molecule has 0 aromatic carbocycles. The largest absolute Gasteiger partial charge is 0.389 e. The molecule has 5 heteroatoms. The van der Waals surface area contributed by atoms with Crippen LogP contribution in [-0.2, 0) is 0 Å². The molecule has 0 radical (unpaired) electrons. The highest BCUT2D eigenvalue weighted by Crippen LogP contribution is 2.11. The monoisotopic (exact) mass is 266 g/mol. The van der Waals surface area contributed by atoms with Crippen molar-refractivity contribution in [2.75, 3.05) is 38.6 Å². The number of likely N-dealkylation sites (N-methyl/N-ethyl adjacent to an activating group) is 1. The number of thiocarbonyl (C=S) groups is 1. The highest BCUT2D eigenvalue weighted by molar-refractivity contribution is 7.80. The summed E-state index contributed by atoms with van der Waals surface area (Å²) in [5, 5.41) is 0. The molecule has 0 unspecified atom stereocenters. The van der Waals surface area contributed by atoms with Gasteiger partial charge in [-0.15, -0.1) is 0 Å². The van der Waals surface area contributed by atoms with Crippen LogP contribution in [0.3, 0.4) is 0 Å². The minimum absolute atomic E-state index is 0.393. The summed E-state index contributed by atoms with van der Waals surface area (Å²) in [4.78, 5) is 9.28. The van der Waals surface area contributed by atoms with Crippen molar-refractivity contribution >= 4 is 23.0 Å². The van der Waals surface area contributed by atoms with E-state index in [9.17, 15) is 0 Å². The summed E-state index contributed by atoms with van der Waals surface area (Å²) in [5.74, 6) is 0.985. The molecule has 0 saturated heterocycles. The van der Waals surface area contributed by atoms with Crippen molar-refractivity contribution in [1.82, 2.24) is 9.88 Å². The van der Waals surface area contributed by atoms with Gasteiger partial charge in [0.05, 0.1) is 0 Å². The molecule has 0 amide bonds. The van der Waals surface area contributed by atoms with Crippen molar-refractivity contribution in [1.29, 1.82) is 0 Å². The second-order valence-corrected chi connectivity index (χ2v) is 5.00. The van der Waals surface area contributed by atoms with Crippen molar-refractivity contribution in [2.24, 2.45) is 5.73 Å². The first kappa shape index (κ1) is 14.9. The van der Waals surface area contributed by atoms with Gasteiger partial charge < -0.3 is 15.5 Å². The molecule has 0 bridgehead atoms. The lowest BCUT2D eigenvalue weighted by atomic mass is 10.2. The van der Waals surface area contributed by atoms with Crippen LogP contribution in [0.4, 0.5) is 5.82 Å². The third-order valence-corrected chi connectivity index (χ3v) is 2.90. The molecule has 0 spiro atoms. The number of nitrogens with zero attached hydrogens (tertiary/aromatic N) is 3. The number of hydrogen-bond acceptors (Lipinski definition) is 4. The normalized spacial score (nSPS) is 10.7. The van der Waals surface area contributed by atoms with Crippen LogP contribution in [0.5, 0.6) is 0 Å². The summed E-state index contributed by atoms with van der Waals surface area (Å²) in [5.41, 5.74) is 6.39. The third kappa shape index (κ3) is 4.58. The van der Waals surface area contributed by atoms with Gasteiger partial charge in [0.2, 0.25) is 0 Å². The van der Waals surface area contributed by atoms with E-state index >= 15 is 0 Å². The van der Waals surface area contributed by atoms with E-state index in [1.807, 2.05) is 12.1 Å². The summed E-state index contributed by atoms with van der Waals surface area (Å²) in [6.45, 7) is 5.16. The maximum absolute atomic E-state index is 5.57. The molecule has 1 aromatic heterocycles. The van der Waals surface area contributed by atoms with Crippen LogP contribution in [0.2, 0.25) is 0 Å². The first-order chi connectivity index (χ1) is 8.54. The molecule has 1 heterocycles. The molecule has 18 heavy (non-hydrogen) atoms. The Labute approximate surface area is 115 Å². The number of nitrogens with two attached hydrogens (primary N) is 1. The van der Waals surface area contributed by atoms with E-state index in [0.29, 0.717) is 4.99 Å². The van der Waals surface area contributed by atoms with Gasteiger partial charge in [0, 0.05) is 31.4 Å². The van der Waals surface area contributed by atoms with Crippen molar-refractivity contribution in [3.05, 3.63) is 23.9 Å². The first-order valence-corrected chi connectivity index (χ1v) is 6.61. The lowest BCUT2D eigenvalue weighted by molar-refractivity contribution is 0.412. The molecule has 0 aliphatic rings. The Balaban J connectivity index is 2.75. The molecule has 4 nitrogen and oxygen atoms in total. The summed E-state index contributed by atoms with van der Waals surface area (Å²) >= 11 is 4.93. The van der Waals surface area contributed by atoms with Crippen molar-refractivity contribution in [2.45, 2.75) is 13.3 Å². The second-order valence-electron chi connectivity index (χ2n) is 4.56. The van der Waals surface area contributed by atoms with E-state index in [1.165, 1.54) is 0 Å². The Morgan fingerprint density at radius 2 is 2.00 bits per heavy atom. The van der Waals surface area contributed by atoms with Crippen LogP contribution in [-0.4, -0.2) is 48.6 Å². The smallest absolute Gasteiger partial charge is 0.128 e. The second kappa shape index (κ2) is 7.28. The Kier molecular flexibility index (Phi) is 6.01. The zero-order chi connectivity index (χ0) is 13.5. The number of aromatic nitrogens is 1. The molecular formula is C13H22N4S. The summed E-state index contributed by atoms with van der Waals surface area (Å²) in [7, 11) is 4.15. The van der Waals surface area contributed by atoms with Gasteiger partial charge in [-0.3, -0.25) is 0 Å². The average molecular weight is 266 g/mol. The summed E-state index contributed by atoms with van der Waals surface area (Å²) in [6, 6.07) is 3.92. The van der Waals surface area contributed by atoms with Gasteiger partial charge in [-0.05, 0) is 32.6 Å². The molecule has 0 aliphatic carbocycles. The lowest BCUT2D eigenvalue weighted by Gasteiger charge is -2.25. The molecule has 0 atom stereocenters. The minimum Gasteiger partial charge on any atom is -0.389 e. The van der Waals surface area contributed by atoms with Crippen LogP contribution in [0.1, 0.15) is 18.9 Å². The molecule has 2 N–H and O–H groups in total. The zero-order valence-electron chi connectivity index (χ0n) is 11.4. The Morgan fingerprint density at radius 1 is 1.28 bits per heavy atom. The van der Waals surface area contributed by atoms with Gasteiger partial charge in [0.15, 0.2) is 0 Å². The zero-order valence-corrected chi connectivity index (χ0v) is 12.2. The van der Waals surface area contributed by atoms with Crippen LogP contribution < -0.4 is 10.6 Å². The van der Waals surface area contributed by atoms with Gasteiger partial charge in [-0.2, -0.15) is 0 Å². The van der Waals surface area contributed by atoms with E-state index in [1.54, 1.807) is 6.20 Å². The topological polar surface area (TPSA) is 45.4 Å². The van der Waals surface area contributed by atoms with Crippen molar-refractivity contribution < 1.29 is 0 Å². The number of hydrogen-bond donors (Lipinski definition) is 1. The molecule has 0 fully saturated rings. The first-order valence-electron chi connectivity index (χ1n) is 6.20. The number of anilines is 1. The Morgan fingerprint density at radius 3 is 2.44 bits per heavy atom. The molecular weight excluding hydrogens is 244 g/mol. The van der Waals surface area contributed by atoms with E-state index in [2.05, 4.69) is 35.8 Å². The standard InChI is InChI=1S/C13H22N4S/c1-4-7-17(9-8-16(2)3)12-6-5-11(10-15-12)13(14)18/h5-6,10H,4,7-9H2,1-3H3,(H2,14,18). The highest BCUT2D eigenvalue weighted by atomic mass is 32.1. The maximum Gasteiger partial charge on any atom is 0.128 e. The fourth-order valence-electron chi connectivity index (χ4n) is 1.65. The third-order valence-electron chi connectivity index (χ3n) is 2.67. The van der Waals surface area contributed by atoms with Crippen LogP contribution in [0.25, 0.3) is 0 Å². The molecule has 0 aliphatic heterocycles. The van der Waals surface area contributed by atoms with Crippen molar-refractivity contribution in [3.63, 3.8) is 0 Å². The predicted molar refractivity (Wildman–Crippen MR) is 81.2 cm³/mol. The van der Waals surface area contributed by atoms with E-state index in [0.717, 1.165) is 37.4 Å². The van der Waals surface area contributed by atoms with Gasteiger partial charge in [0.1, 0.15) is 10.8 Å². The summed E-state index contributed by atoms with van der Waals surface area (Å²) in [6.07, 6.45) is 2.85. The minimum atomic E-state index is 0.393. The van der Waals surface area contributed by atoms with Crippen LogP contribution >= 0.6 is 12.2 Å². The quantitative estimate of drug-likeness (QED) is 0.758. The van der Waals surface area contributed by atoms with E-state index in [-0.39, 0.29) is 0 Å². The van der Waals surface area contributed by atoms with Gasteiger partial charge in [0.25, 0.3) is 0 Å². The maximum atomic E-state index is 5.57. The predicted octanol–water partition coefficient (Wildman–Crippen LogP) is 1.49. The van der Waals surface area contributed by atoms with Crippen LogP contribution in [0, 0.1) is 0 Å². The molecule has 1 rings (SSSR count). The molecule has 1 aromatic rings. The number of rotatable bonds is 7. The highest BCUT2D eigenvalue weighted by Gasteiger charge is 2.07. The molecule has 0 saturated carbocycles. The fraction of sp³-hybridized carbons (Fsp3) is 0.538. The lowest BCUT2D eigenvalue weighted by Crippen LogP contribution is -2.33. The number of pyridine rings is 1. The fourth-order valence-corrected chi connectivity index (χ4v) is 1.77. The Hall–Kier alpha value is -1.20. The average Bonchev–Trinajstić information content (AvgIpc) is 2.34. The summed E-state index contributed by atoms with van der Waals surface area (Å²) < 4.78 is 0. The van der Waals surface area contributed by atoms with Gasteiger partial charge in [-0.25, -0.2) is 4.98 Å². The van der Waals surface area contributed by atoms with Gasteiger partial charge >= 0.3 is 0 Å². The van der Waals surface area contributed by atoms with Crippen LogP contribution in [0.15, 0.2) is 18.3 Å². The Bertz CT molecular complexity index is 375. The van der Waals surface area contributed by atoms with E-state index < -0.39 is 0 Å². The SMILES string of the molecule is CCCN(CCN(C)C)c1ccc(C(N)=S)cn1. The molecule has 100 valence electrons. The van der Waals surface area contributed by atoms with E-state index in [4.69, 9.17) is 18.0 Å².